The quantitative estimate of drug-likeness (QED) is 0.318. The smallest absolute Gasteiger partial charge is 0.407 e. The van der Waals surface area contributed by atoms with Crippen LogP contribution in [0.3, 0.4) is 0 Å². The number of amides is 1. The Morgan fingerprint density at radius 2 is 1.95 bits per heavy atom. The maximum atomic E-state index is 12.3. The van der Waals surface area contributed by atoms with Gasteiger partial charge in [0.25, 0.3) is 0 Å². The Balaban J connectivity index is 1.66. The molecule has 0 bridgehead atoms. The first kappa shape index (κ1) is 30.0. The minimum Gasteiger partial charge on any atom is -0.444 e. The highest BCUT2D eigenvalue weighted by atomic mass is 16.6. The number of aliphatic hydroxyl groups is 2. The van der Waals surface area contributed by atoms with Gasteiger partial charge in [0.1, 0.15) is 5.60 Å². The van der Waals surface area contributed by atoms with Gasteiger partial charge in [0.15, 0.2) is 0 Å². The first-order valence-electron chi connectivity index (χ1n) is 14.6. The molecule has 3 aliphatic rings. The second-order valence-electron chi connectivity index (χ2n) is 14.0. The highest BCUT2D eigenvalue weighted by Crippen LogP contribution is 2.58. The summed E-state index contributed by atoms with van der Waals surface area (Å²) in [6, 6.07) is -0.139. The molecule has 0 heterocycles. The van der Waals surface area contributed by atoms with Gasteiger partial charge in [0.2, 0.25) is 0 Å². The van der Waals surface area contributed by atoms with Crippen LogP contribution in [-0.2, 0) is 4.74 Å². The van der Waals surface area contributed by atoms with E-state index in [0.29, 0.717) is 30.1 Å². The van der Waals surface area contributed by atoms with Gasteiger partial charge in [0, 0.05) is 6.04 Å². The van der Waals surface area contributed by atoms with Crippen molar-refractivity contribution in [2.24, 2.45) is 23.2 Å². The Kier molecular flexibility index (Phi) is 9.44. The fourth-order valence-corrected chi connectivity index (χ4v) is 7.19. The molecular formula is C32H53NO4. The molecule has 0 saturated heterocycles. The van der Waals surface area contributed by atoms with E-state index in [1.54, 1.807) is 0 Å². The molecule has 0 radical (unpaired) electrons. The monoisotopic (exact) mass is 515 g/mol. The topological polar surface area (TPSA) is 78.8 Å². The molecule has 5 nitrogen and oxygen atoms in total. The van der Waals surface area contributed by atoms with E-state index in [4.69, 9.17) is 4.74 Å². The predicted octanol–water partition coefficient (Wildman–Crippen LogP) is 7.24. The van der Waals surface area contributed by atoms with Crippen LogP contribution in [0, 0.1) is 23.2 Å². The standard InChI is InChI=1S/C32H53NO4/c1-21(11-9-17-31(6,7)36)26-15-16-27-23(12-10-18-32(26,27)8)13-14-24-19-25(20-28(34)22(24)2)33-29(35)37-30(3,4)5/h12-14,21,25-28,34,36H,9-11,15-20H2,1-8H3,(H,33,35)/b14-13-/t21-,25-,26-,27+,28+,32-/m1/s1. The zero-order valence-corrected chi connectivity index (χ0v) is 24.7. The van der Waals surface area contributed by atoms with E-state index >= 15 is 0 Å². The lowest BCUT2D eigenvalue weighted by molar-refractivity contribution is 0.0484. The minimum atomic E-state index is -0.575. The summed E-state index contributed by atoms with van der Waals surface area (Å²) in [6.07, 6.45) is 15.2. The molecule has 210 valence electrons. The Labute approximate surface area is 225 Å². The molecule has 0 unspecified atom stereocenters. The van der Waals surface area contributed by atoms with E-state index in [1.165, 1.54) is 31.3 Å². The van der Waals surface area contributed by atoms with Crippen LogP contribution in [0.25, 0.3) is 0 Å². The van der Waals surface area contributed by atoms with Crippen LogP contribution in [0.5, 0.6) is 0 Å². The van der Waals surface area contributed by atoms with Crippen molar-refractivity contribution < 1.29 is 19.7 Å². The van der Waals surface area contributed by atoms with E-state index in [-0.39, 0.29) is 6.04 Å². The van der Waals surface area contributed by atoms with Crippen LogP contribution in [0.2, 0.25) is 0 Å². The number of carbonyl (C=O) groups excluding carboxylic acids is 1. The number of allylic oxidation sites excluding steroid dienone is 4. The molecule has 0 aromatic rings. The maximum Gasteiger partial charge on any atom is 0.407 e. The zero-order valence-electron chi connectivity index (χ0n) is 24.7. The molecule has 0 aromatic heterocycles. The third-order valence-electron chi connectivity index (χ3n) is 9.19. The SMILES string of the molecule is CC1=C(/C=C\C2=CCC[C@]3(C)[C@@H]([C@H](C)CCCC(C)(C)O)CC[C@@H]23)C[C@@H](NC(=O)OC(C)(C)C)C[C@@H]1O. The second-order valence-corrected chi connectivity index (χ2v) is 14.0. The minimum absolute atomic E-state index is 0.139. The van der Waals surface area contributed by atoms with Gasteiger partial charge in [-0.05, 0) is 126 Å². The number of carbonyl (C=O) groups is 1. The van der Waals surface area contributed by atoms with Crippen molar-refractivity contribution in [3.05, 3.63) is 34.9 Å². The lowest BCUT2D eigenvalue weighted by atomic mass is 9.62. The molecule has 5 heteroatoms. The summed E-state index contributed by atoms with van der Waals surface area (Å²) in [5.41, 5.74) is 2.76. The summed E-state index contributed by atoms with van der Waals surface area (Å²) < 4.78 is 5.43. The van der Waals surface area contributed by atoms with E-state index in [2.05, 4.69) is 37.4 Å². The second kappa shape index (κ2) is 11.7. The fourth-order valence-electron chi connectivity index (χ4n) is 7.19. The van der Waals surface area contributed by atoms with E-state index in [0.717, 1.165) is 36.3 Å². The molecule has 0 aliphatic heterocycles. The first-order chi connectivity index (χ1) is 17.1. The first-order valence-corrected chi connectivity index (χ1v) is 14.6. The van der Waals surface area contributed by atoms with Gasteiger partial charge in [-0.15, -0.1) is 0 Å². The molecule has 0 spiro atoms. The van der Waals surface area contributed by atoms with Crippen molar-refractivity contribution in [1.29, 1.82) is 0 Å². The summed E-state index contributed by atoms with van der Waals surface area (Å²) in [4.78, 5) is 12.3. The molecule has 6 atom stereocenters. The van der Waals surface area contributed by atoms with Gasteiger partial charge in [-0.25, -0.2) is 4.79 Å². The van der Waals surface area contributed by atoms with E-state index in [1.807, 2.05) is 41.5 Å². The van der Waals surface area contributed by atoms with Crippen molar-refractivity contribution in [2.75, 3.05) is 0 Å². The van der Waals surface area contributed by atoms with Crippen molar-refractivity contribution in [3.63, 3.8) is 0 Å². The number of aliphatic hydroxyl groups excluding tert-OH is 1. The normalized spacial score (nSPS) is 31.8. The Hall–Kier alpha value is -1.59. The van der Waals surface area contributed by atoms with Crippen LogP contribution in [0.4, 0.5) is 4.79 Å². The predicted molar refractivity (Wildman–Crippen MR) is 151 cm³/mol. The Morgan fingerprint density at radius 3 is 2.59 bits per heavy atom. The summed E-state index contributed by atoms with van der Waals surface area (Å²) in [5.74, 6) is 1.96. The average molecular weight is 516 g/mol. The van der Waals surface area contributed by atoms with E-state index < -0.39 is 23.4 Å². The molecule has 3 aliphatic carbocycles. The average Bonchev–Trinajstić information content (AvgIpc) is 3.10. The third-order valence-corrected chi connectivity index (χ3v) is 9.19. The van der Waals surface area contributed by atoms with Crippen LogP contribution < -0.4 is 5.32 Å². The van der Waals surface area contributed by atoms with Crippen LogP contribution in [0.1, 0.15) is 113 Å². The molecule has 3 N–H and O–H groups in total. The van der Waals surface area contributed by atoms with Gasteiger partial charge >= 0.3 is 6.09 Å². The number of rotatable bonds is 8. The Bertz CT molecular complexity index is 903. The van der Waals surface area contributed by atoms with Crippen molar-refractivity contribution in [1.82, 2.24) is 5.32 Å². The van der Waals surface area contributed by atoms with Crippen LogP contribution >= 0.6 is 0 Å². The van der Waals surface area contributed by atoms with Crippen LogP contribution in [0.15, 0.2) is 34.9 Å². The summed E-state index contributed by atoms with van der Waals surface area (Å²) in [6.45, 7) is 16.3. The lowest BCUT2D eigenvalue weighted by Gasteiger charge is -2.43. The van der Waals surface area contributed by atoms with Gasteiger partial charge in [-0.2, -0.15) is 0 Å². The molecule has 37 heavy (non-hydrogen) atoms. The third kappa shape index (κ3) is 7.95. The van der Waals surface area contributed by atoms with Crippen molar-refractivity contribution in [2.45, 2.75) is 137 Å². The molecule has 3 rings (SSSR count). The Morgan fingerprint density at radius 1 is 1.24 bits per heavy atom. The number of nitrogens with one attached hydrogen (secondary N) is 1. The summed E-state index contributed by atoms with van der Waals surface area (Å²) in [7, 11) is 0. The highest BCUT2D eigenvalue weighted by Gasteiger charge is 2.49. The van der Waals surface area contributed by atoms with Crippen LogP contribution in [-0.4, -0.2) is 39.7 Å². The summed E-state index contributed by atoms with van der Waals surface area (Å²) >= 11 is 0. The molecular weight excluding hydrogens is 462 g/mol. The largest absolute Gasteiger partial charge is 0.444 e. The van der Waals surface area contributed by atoms with Gasteiger partial charge in [0.05, 0.1) is 11.7 Å². The zero-order chi connectivity index (χ0) is 27.6. The van der Waals surface area contributed by atoms with Gasteiger partial charge in [-0.3, -0.25) is 0 Å². The van der Waals surface area contributed by atoms with Crippen molar-refractivity contribution in [3.8, 4) is 0 Å². The molecule has 1 saturated carbocycles. The number of hydrogen-bond donors (Lipinski definition) is 3. The van der Waals surface area contributed by atoms with Crippen molar-refractivity contribution >= 4 is 6.09 Å². The molecule has 1 amide bonds. The number of alkyl carbamates (subject to hydrolysis) is 1. The fraction of sp³-hybridized carbons (Fsp3) is 0.781. The molecule has 1 fully saturated rings. The maximum absolute atomic E-state index is 12.3. The van der Waals surface area contributed by atoms with Gasteiger partial charge < -0.3 is 20.3 Å². The van der Waals surface area contributed by atoms with E-state index in [9.17, 15) is 15.0 Å². The van der Waals surface area contributed by atoms with Gasteiger partial charge in [-0.1, -0.05) is 44.9 Å². The number of hydrogen-bond acceptors (Lipinski definition) is 4. The lowest BCUT2D eigenvalue weighted by Crippen LogP contribution is -2.42. The summed E-state index contributed by atoms with van der Waals surface area (Å²) in [5, 5.41) is 23.8. The molecule has 0 aromatic carbocycles. The highest BCUT2D eigenvalue weighted by molar-refractivity contribution is 5.68. The number of fused-ring (bicyclic) bond motifs is 1. The number of ether oxygens (including phenoxy) is 1.